The van der Waals surface area contributed by atoms with E-state index in [-0.39, 0.29) is 11.1 Å². The summed E-state index contributed by atoms with van der Waals surface area (Å²) >= 11 is 5.20. The Bertz CT molecular complexity index is 515. The zero-order valence-electron chi connectivity index (χ0n) is 9.64. The van der Waals surface area contributed by atoms with E-state index < -0.39 is 0 Å². The average molecular weight is 326 g/mol. The largest absolute Gasteiger partial charge is 0.329 e. The Kier molecular flexibility index (Phi) is 4.80. The molecule has 0 saturated heterocycles. The minimum Gasteiger partial charge on any atom is -0.329 e. The van der Waals surface area contributed by atoms with Crippen LogP contribution in [0.1, 0.15) is 10.8 Å². The molecule has 1 unspecified atom stereocenters. The van der Waals surface area contributed by atoms with Gasteiger partial charge in [0.1, 0.15) is 5.82 Å². The fraction of sp³-hybridized carbons (Fsp3) is 0.143. The second-order valence-corrected chi connectivity index (χ2v) is 5.92. The van der Waals surface area contributed by atoms with Crippen LogP contribution in [0.4, 0.5) is 4.39 Å². The van der Waals surface area contributed by atoms with Gasteiger partial charge in [-0.3, -0.25) is 0 Å². The Morgan fingerprint density at radius 2 is 1.78 bits per heavy atom. The number of hydrogen-bond acceptors (Lipinski definition) is 2. The highest BCUT2D eigenvalue weighted by molar-refractivity contribution is 9.10. The second-order valence-electron chi connectivity index (χ2n) is 3.82. The van der Waals surface area contributed by atoms with E-state index in [0.29, 0.717) is 6.54 Å². The molecule has 0 spiro atoms. The van der Waals surface area contributed by atoms with Gasteiger partial charge in [-0.25, -0.2) is 4.39 Å². The van der Waals surface area contributed by atoms with Crippen molar-refractivity contribution in [3.05, 3.63) is 64.4 Å². The summed E-state index contributed by atoms with van der Waals surface area (Å²) in [6, 6.07) is 14.5. The minimum atomic E-state index is -0.222. The molecule has 94 valence electrons. The van der Waals surface area contributed by atoms with Crippen LogP contribution in [0.5, 0.6) is 0 Å². The highest BCUT2D eigenvalue weighted by Gasteiger charge is 2.12. The molecule has 1 nitrogen and oxygen atoms in total. The predicted molar refractivity (Wildman–Crippen MR) is 78.2 cm³/mol. The van der Waals surface area contributed by atoms with Crippen molar-refractivity contribution in [2.75, 3.05) is 6.54 Å². The highest BCUT2D eigenvalue weighted by atomic mass is 79.9. The van der Waals surface area contributed by atoms with Gasteiger partial charge in [-0.1, -0.05) is 24.3 Å². The lowest BCUT2D eigenvalue weighted by molar-refractivity contribution is 0.627. The first kappa shape index (κ1) is 13.6. The van der Waals surface area contributed by atoms with Crippen molar-refractivity contribution < 1.29 is 4.39 Å². The summed E-state index contributed by atoms with van der Waals surface area (Å²) in [5, 5.41) is 0.129. The summed E-state index contributed by atoms with van der Waals surface area (Å²) in [6.07, 6.45) is 0. The van der Waals surface area contributed by atoms with Gasteiger partial charge < -0.3 is 5.73 Å². The van der Waals surface area contributed by atoms with Crippen molar-refractivity contribution in [2.45, 2.75) is 10.1 Å². The molecule has 18 heavy (non-hydrogen) atoms. The van der Waals surface area contributed by atoms with Crippen LogP contribution in [0, 0.1) is 5.82 Å². The molecular formula is C14H13BrFNS. The van der Waals surface area contributed by atoms with Gasteiger partial charge in [0.15, 0.2) is 0 Å². The molecule has 4 heteroatoms. The molecule has 2 aromatic rings. The Labute approximate surface area is 119 Å². The Hall–Kier alpha value is -0.840. The Balaban J connectivity index is 2.20. The molecule has 1 atom stereocenters. The van der Waals surface area contributed by atoms with E-state index in [0.717, 1.165) is 14.9 Å². The van der Waals surface area contributed by atoms with Crippen LogP contribution in [0.15, 0.2) is 57.9 Å². The van der Waals surface area contributed by atoms with Crippen molar-refractivity contribution in [3.63, 3.8) is 0 Å². The van der Waals surface area contributed by atoms with Crippen molar-refractivity contribution in [2.24, 2.45) is 5.73 Å². The molecule has 0 aromatic heterocycles. The van der Waals surface area contributed by atoms with Gasteiger partial charge >= 0.3 is 0 Å². The first-order valence-electron chi connectivity index (χ1n) is 5.57. The van der Waals surface area contributed by atoms with Crippen molar-refractivity contribution in [1.82, 2.24) is 0 Å². The smallest absolute Gasteiger partial charge is 0.123 e. The van der Waals surface area contributed by atoms with Crippen LogP contribution in [0.3, 0.4) is 0 Å². The van der Waals surface area contributed by atoms with Crippen LogP contribution in [-0.4, -0.2) is 6.54 Å². The topological polar surface area (TPSA) is 26.0 Å². The number of benzene rings is 2. The summed E-state index contributed by atoms with van der Waals surface area (Å²) in [7, 11) is 0. The number of halogens is 2. The first-order chi connectivity index (χ1) is 8.70. The summed E-state index contributed by atoms with van der Waals surface area (Å²) in [5.41, 5.74) is 6.85. The maximum atomic E-state index is 12.9. The third-order valence-electron chi connectivity index (χ3n) is 2.56. The monoisotopic (exact) mass is 325 g/mol. The quantitative estimate of drug-likeness (QED) is 0.844. The fourth-order valence-electron chi connectivity index (χ4n) is 1.62. The van der Waals surface area contributed by atoms with E-state index in [1.54, 1.807) is 23.9 Å². The lowest BCUT2D eigenvalue weighted by Gasteiger charge is -2.15. The van der Waals surface area contributed by atoms with Crippen molar-refractivity contribution >= 4 is 27.7 Å². The van der Waals surface area contributed by atoms with Crippen LogP contribution in [0.25, 0.3) is 0 Å². The number of hydrogen-bond donors (Lipinski definition) is 1. The molecule has 0 bridgehead atoms. The number of rotatable bonds is 4. The molecule has 2 rings (SSSR count). The van der Waals surface area contributed by atoms with E-state index in [9.17, 15) is 4.39 Å². The van der Waals surface area contributed by atoms with Gasteiger partial charge in [-0.05, 0) is 45.8 Å². The summed E-state index contributed by atoms with van der Waals surface area (Å²) in [5.74, 6) is -0.222. The van der Waals surface area contributed by atoms with Crippen molar-refractivity contribution in [1.29, 1.82) is 0 Å². The maximum Gasteiger partial charge on any atom is 0.123 e. The van der Waals surface area contributed by atoms with Gasteiger partial charge in [0.25, 0.3) is 0 Å². The molecule has 0 saturated carbocycles. The van der Waals surface area contributed by atoms with Gasteiger partial charge in [0.2, 0.25) is 0 Å². The van der Waals surface area contributed by atoms with Gasteiger partial charge in [-0.2, -0.15) is 0 Å². The lowest BCUT2D eigenvalue weighted by atomic mass is 10.1. The molecule has 0 aliphatic carbocycles. The van der Waals surface area contributed by atoms with Crippen LogP contribution < -0.4 is 5.73 Å². The molecular weight excluding hydrogens is 313 g/mol. The van der Waals surface area contributed by atoms with E-state index in [4.69, 9.17) is 5.73 Å². The Morgan fingerprint density at radius 1 is 1.11 bits per heavy atom. The molecule has 0 radical (unpaired) electrons. The Morgan fingerprint density at radius 3 is 2.39 bits per heavy atom. The molecule has 0 amide bonds. The van der Waals surface area contributed by atoms with Crippen LogP contribution >= 0.6 is 27.7 Å². The number of thioether (sulfide) groups is 1. The predicted octanol–water partition coefficient (Wildman–Crippen LogP) is 4.38. The van der Waals surface area contributed by atoms with E-state index in [1.807, 2.05) is 24.3 Å². The number of nitrogens with two attached hydrogens (primary N) is 1. The molecule has 0 aliphatic rings. The third-order valence-corrected chi connectivity index (χ3v) is 4.87. The summed E-state index contributed by atoms with van der Waals surface area (Å²) in [6.45, 7) is 0.512. The van der Waals surface area contributed by atoms with Crippen LogP contribution in [-0.2, 0) is 0 Å². The minimum absolute atomic E-state index is 0.129. The summed E-state index contributed by atoms with van der Waals surface area (Å²) in [4.78, 5) is 1.14. The molecule has 2 aromatic carbocycles. The van der Waals surface area contributed by atoms with Gasteiger partial charge in [0.05, 0.1) is 0 Å². The average Bonchev–Trinajstić information content (AvgIpc) is 2.39. The van der Waals surface area contributed by atoms with Gasteiger partial charge in [0, 0.05) is 21.2 Å². The molecule has 2 N–H and O–H groups in total. The molecule has 0 heterocycles. The molecule has 0 fully saturated rings. The zero-order valence-corrected chi connectivity index (χ0v) is 12.0. The third kappa shape index (κ3) is 3.34. The van der Waals surface area contributed by atoms with Gasteiger partial charge in [-0.15, -0.1) is 11.8 Å². The van der Waals surface area contributed by atoms with E-state index >= 15 is 0 Å². The van der Waals surface area contributed by atoms with E-state index in [2.05, 4.69) is 15.9 Å². The normalized spacial score (nSPS) is 12.4. The van der Waals surface area contributed by atoms with Crippen molar-refractivity contribution in [3.8, 4) is 0 Å². The fourth-order valence-corrected chi connectivity index (χ4v) is 3.22. The maximum absolute atomic E-state index is 12.9. The lowest BCUT2D eigenvalue weighted by Crippen LogP contribution is -2.09. The highest BCUT2D eigenvalue weighted by Crippen LogP contribution is 2.38. The first-order valence-corrected chi connectivity index (χ1v) is 7.24. The van der Waals surface area contributed by atoms with E-state index in [1.165, 1.54) is 12.1 Å². The summed E-state index contributed by atoms with van der Waals surface area (Å²) < 4.78 is 14.0. The SMILES string of the molecule is NCC(Sc1ccccc1Br)c1ccc(F)cc1. The van der Waals surface area contributed by atoms with Crippen LogP contribution in [0.2, 0.25) is 0 Å². The zero-order chi connectivity index (χ0) is 13.0. The molecule has 0 aliphatic heterocycles. The standard InChI is InChI=1S/C14H13BrFNS/c15-12-3-1-2-4-13(12)18-14(9-17)10-5-7-11(16)8-6-10/h1-8,14H,9,17H2. The second kappa shape index (κ2) is 6.36.